The highest BCUT2D eigenvalue weighted by atomic mass is 32.2. The minimum absolute atomic E-state index is 0.153. The van der Waals surface area contributed by atoms with Crippen molar-refractivity contribution in [2.45, 2.75) is 61.7 Å². The summed E-state index contributed by atoms with van der Waals surface area (Å²) in [7, 11) is -1.32. The summed E-state index contributed by atoms with van der Waals surface area (Å²) in [6.45, 7) is 4.30. The Morgan fingerprint density at radius 3 is 1.11 bits per heavy atom. The highest BCUT2D eigenvalue weighted by Gasteiger charge is 2.29. The van der Waals surface area contributed by atoms with Crippen molar-refractivity contribution in [1.29, 1.82) is 10.5 Å². The lowest BCUT2D eigenvalue weighted by Crippen LogP contribution is -2.30. The average Bonchev–Trinajstić information content (AvgIpc) is 3.32. The Bertz CT molecular complexity index is 2670. The third-order valence-electron chi connectivity index (χ3n) is 10.4. The van der Waals surface area contributed by atoms with Gasteiger partial charge < -0.3 is 18.9 Å². The van der Waals surface area contributed by atoms with E-state index in [9.17, 15) is 22.1 Å². The van der Waals surface area contributed by atoms with Crippen LogP contribution in [0, 0.1) is 22.7 Å². The molecule has 0 N–H and O–H groups in total. The van der Waals surface area contributed by atoms with E-state index in [0.29, 0.717) is 34.1 Å². The van der Waals surface area contributed by atoms with Gasteiger partial charge in [-0.25, -0.2) is 16.8 Å². The molecular formula is C50H52N4O8S2. The quantitative estimate of drug-likeness (QED) is 0.0815. The Hall–Kier alpha value is -6.68. The average molecular weight is 901 g/mol. The Kier molecular flexibility index (Phi) is 16.7. The Labute approximate surface area is 377 Å². The fraction of sp³-hybridized carbons (Fsp3) is 0.240. The number of nitrogens with zero attached hydrogens (tertiary/aromatic N) is 4. The molecule has 0 aromatic heterocycles. The van der Waals surface area contributed by atoms with Gasteiger partial charge in [-0.2, -0.15) is 19.1 Å². The van der Waals surface area contributed by atoms with Crippen LogP contribution in [0.5, 0.6) is 23.0 Å². The molecule has 0 spiro atoms. The summed E-state index contributed by atoms with van der Waals surface area (Å²) in [4.78, 5) is 0.327. The van der Waals surface area contributed by atoms with E-state index in [0.717, 1.165) is 22.3 Å². The molecule has 12 nitrogen and oxygen atoms in total. The molecule has 0 heterocycles. The maximum Gasteiger partial charge on any atom is 0.243 e. The molecule has 0 aliphatic carbocycles. The van der Waals surface area contributed by atoms with E-state index in [2.05, 4.69) is 12.1 Å². The summed E-state index contributed by atoms with van der Waals surface area (Å²) in [6, 6.07) is 46.7. The van der Waals surface area contributed by atoms with E-state index >= 15 is 0 Å². The van der Waals surface area contributed by atoms with Crippen LogP contribution in [0.2, 0.25) is 0 Å². The van der Waals surface area contributed by atoms with Crippen molar-refractivity contribution in [1.82, 2.24) is 8.61 Å². The number of ether oxygens (including phenoxy) is 4. The number of nitriles is 2. The molecule has 332 valence electrons. The van der Waals surface area contributed by atoms with Crippen molar-refractivity contribution in [3.05, 3.63) is 179 Å². The lowest BCUT2D eigenvalue weighted by atomic mass is 9.86. The molecule has 0 bridgehead atoms. The molecule has 0 atom stereocenters. The van der Waals surface area contributed by atoms with Crippen molar-refractivity contribution in [2.24, 2.45) is 0 Å². The molecule has 6 aromatic carbocycles. The van der Waals surface area contributed by atoms with Crippen LogP contribution in [0.25, 0.3) is 0 Å². The zero-order chi connectivity index (χ0) is 46.3. The monoisotopic (exact) mass is 900 g/mol. The first kappa shape index (κ1) is 48.4. The van der Waals surface area contributed by atoms with Crippen LogP contribution in [0.4, 0.5) is 0 Å². The second-order valence-corrected chi connectivity index (χ2v) is 19.1. The fourth-order valence-corrected chi connectivity index (χ4v) is 9.45. The predicted molar refractivity (Wildman–Crippen MR) is 246 cm³/mol. The van der Waals surface area contributed by atoms with Crippen LogP contribution >= 0.6 is 0 Å². The van der Waals surface area contributed by atoms with Crippen LogP contribution in [0.1, 0.15) is 47.2 Å². The highest BCUT2D eigenvalue weighted by Crippen LogP contribution is 2.29. The molecule has 0 amide bonds. The van der Waals surface area contributed by atoms with Crippen LogP contribution in [-0.4, -0.2) is 53.9 Å². The molecule has 14 heteroatoms. The van der Waals surface area contributed by atoms with Crippen molar-refractivity contribution >= 4 is 20.0 Å². The fourth-order valence-electron chi connectivity index (χ4n) is 6.51. The van der Waals surface area contributed by atoms with E-state index in [1.54, 1.807) is 115 Å². The predicted octanol–water partition coefficient (Wildman–Crippen LogP) is 9.06. The summed E-state index contributed by atoms with van der Waals surface area (Å²) in [5.74, 6) is 2.82. The van der Waals surface area contributed by atoms with Gasteiger partial charge in [0.2, 0.25) is 20.0 Å². The molecule has 64 heavy (non-hydrogen) atoms. The minimum Gasteiger partial charge on any atom is -0.497 e. The molecule has 6 rings (SSSR count). The molecule has 0 fully saturated rings. The molecule has 0 radical (unpaired) electrons. The van der Waals surface area contributed by atoms with Gasteiger partial charge in [-0.05, 0) is 120 Å². The maximum absolute atomic E-state index is 13.7. The second kappa shape index (κ2) is 22.1. The van der Waals surface area contributed by atoms with Crippen molar-refractivity contribution in [3.63, 3.8) is 0 Å². The van der Waals surface area contributed by atoms with Crippen molar-refractivity contribution < 1.29 is 35.8 Å². The lowest BCUT2D eigenvalue weighted by molar-refractivity contribution is 0.397. The number of hydrogen-bond donors (Lipinski definition) is 0. The van der Waals surface area contributed by atoms with Gasteiger partial charge in [0.25, 0.3) is 0 Å². The van der Waals surface area contributed by atoms with E-state index in [4.69, 9.17) is 24.2 Å². The standard InChI is InChI=1S/C26H28N2O4S.C24H24N2O4S/c1-26(2,19-27)22-6-5-7-25(16-22)33(29,30)28(17-20-8-12-23(31-3)13-9-20)18-21-10-14-24(32-4)15-11-21;1-29-22-10-6-20(7-11-22)17-26(18-21-8-12-23(30-2)13-9-21)31(27,28)24-5-3-4-19(16-24)14-15-25/h5-16H,17-18H2,1-4H3;3-13,16H,14,17-18H2,1-2H3. The minimum atomic E-state index is -3.86. The first-order valence-electron chi connectivity index (χ1n) is 20.2. The van der Waals surface area contributed by atoms with Gasteiger partial charge in [0.05, 0.1) is 62.2 Å². The first-order valence-corrected chi connectivity index (χ1v) is 23.0. The molecular weight excluding hydrogens is 849 g/mol. The smallest absolute Gasteiger partial charge is 0.243 e. The Morgan fingerprint density at radius 1 is 0.469 bits per heavy atom. The number of hydrogen-bond acceptors (Lipinski definition) is 10. The van der Waals surface area contributed by atoms with Gasteiger partial charge in [0.1, 0.15) is 23.0 Å². The number of rotatable bonds is 18. The van der Waals surface area contributed by atoms with Crippen molar-refractivity contribution in [2.75, 3.05) is 28.4 Å². The largest absolute Gasteiger partial charge is 0.497 e. The Morgan fingerprint density at radius 2 is 0.797 bits per heavy atom. The molecule has 6 aromatic rings. The normalized spacial score (nSPS) is 11.5. The van der Waals surface area contributed by atoms with Gasteiger partial charge in [-0.15, -0.1) is 0 Å². The van der Waals surface area contributed by atoms with Crippen LogP contribution in [0.15, 0.2) is 155 Å². The van der Waals surface area contributed by atoms with Crippen LogP contribution in [0.3, 0.4) is 0 Å². The van der Waals surface area contributed by atoms with Crippen LogP contribution in [-0.2, 0) is 58.1 Å². The Balaban J connectivity index is 0.000000241. The summed E-state index contributed by atoms with van der Waals surface area (Å²) >= 11 is 0. The zero-order valence-corrected chi connectivity index (χ0v) is 38.4. The maximum atomic E-state index is 13.7. The summed E-state index contributed by atoms with van der Waals surface area (Å²) in [5.41, 5.74) is 3.86. The molecule has 0 unspecified atom stereocenters. The summed E-state index contributed by atoms with van der Waals surface area (Å²) in [5, 5.41) is 18.5. The topological polar surface area (TPSA) is 159 Å². The molecule has 0 saturated carbocycles. The molecule has 0 aliphatic heterocycles. The van der Waals surface area contributed by atoms with E-state index in [-0.39, 0.29) is 42.4 Å². The molecule has 0 saturated heterocycles. The number of methoxy groups -OCH3 is 4. The third kappa shape index (κ3) is 12.7. The van der Waals surface area contributed by atoms with Gasteiger partial charge in [0.15, 0.2) is 0 Å². The van der Waals surface area contributed by atoms with Gasteiger partial charge in [-0.3, -0.25) is 0 Å². The van der Waals surface area contributed by atoms with Gasteiger partial charge in [0, 0.05) is 26.2 Å². The SMILES string of the molecule is COc1ccc(CN(Cc2ccc(OC)cc2)S(=O)(=O)c2cccc(C(C)(C)C#N)c2)cc1.COc1ccc(CN(Cc2ccc(OC)cc2)S(=O)(=O)c2cccc(CC#N)c2)cc1. The van der Waals surface area contributed by atoms with Crippen molar-refractivity contribution in [3.8, 4) is 35.1 Å². The first-order chi connectivity index (χ1) is 30.6. The van der Waals surface area contributed by atoms with E-state index < -0.39 is 25.5 Å². The third-order valence-corrected chi connectivity index (χ3v) is 13.9. The lowest BCUT2D eigenvalue weighted by Gasteiger charge is -2.24. The summed E-state index contributed by atoms with van der Waals surface area (Å²) in [6.07, 6.45) is 0.153. The summed E-state index contributed by atoms with van der Waals surface area (Å²) < 4.78 is 78.3. The number of sulfonamides is 2. The van der Waals surface area contributed by atoms with Gasteiger partial charge in [-0.1, -0.05) is 72.8 Å². The second-order valence-electron chi connectivity index (χ2n) is 15.2. The van der Waals surface area contributed by atoms with Gasteiger partial charge >= 0.3 is 0 Å². The van der Waals surface area contributed by atoms with E-state index in [1.807, 2.05) is 72.8 Å². The van der Waals surface area contributed by atoms with Crippen LogP contribution < -0.4 is 18.9 Å². The molecule has 0 aliphatic rings. The number of benzene rings is 6. The highest BCUT2D eigenvalue weighted by molar-refractivity contribution is 7.89. The van der Waals surface area contributed by atoms with E-state index in [1.165, 1.54) is 8.61 Å². The zero-order valence-electron chi connectivity index (χ0n) is 36.8.